The molecule has 8 aromatic carbocycles. The van der Waals surface area contributed by atoms with Crippen LogP contribution >= 0.6 is 0 Å². The van der Waals surface area contributed by atoms with Crippen LogP contribution < -0.4 is 0 Å². The smallest absolute Gasteiger partial charge is 0.168 e. The Bertz CT molecular complexity index is 3190. The van der Waals surface area contributed by atoms with E-state index in [1.807, 2.05) is 42.5 Å². The summed E-state index contributed by atoms with van der Waals surface area (Å²) in [4.78, 5) is 16.0. The zero-order valence-electron chi connectivity index (χ0n) is 30.2. The second-order valence-corrected chi connectivity index (χ2v) is 14.0. The third kappa shape index (κ3) is 5.21. The molecule has 0 atom stereocenters. The molecule has 0 radical (unpaired) electrons. The number of fused-ring (bicyclic) bond motifs is 6. The molecule has 0 amide bonds. The fourth-order valence-electron chi connectivity index (χ4n) is 8.09. The Morgan fingerprint density at radius 3 is 1.59 bits per heavy atom. The van der Waals surface area contributed by atoms with E-state index in [2.05, 4.69) is 156 Å². The molecule has 11 aromatic rings. The van der Waals surface area contributed by atoms with Crippen LogP contribution in [0.25, 0.3) is 106 Å². The number of aromatic nitrogens is 4. The Morgan fingerprint density at radius 1 is 0.357 bits per heavy atom. The molecule has 11 rings (SSSR count). The molecule has 0 fully saturated rings. The molecule has 0 aliphatic carbocycles. The van der Waals surface area contributed by atoms with Crippen molar-refractivity contribution >= 4 is 43.7 Å². The highest BCUT2D eigenvalue weighted by Gasteiger charge is 2.24. The monoisotopic (exact) mass is 716 g/mol. The number of furan rings is 1. The lowest BCUT2D eigenvalue weighted by atomic mass is 9.96. The van der Waals surface area contributed by atoms with Crippen molar-refractivity contribution in [3.8, 4) is 62.1 Å². The second-order valence-electron chi connectivity index (χ2n) is 14.0. The third-order valence-electron chi connectivity index (χ3n) is 10.7. The fourth-order valence-corrected chi connectivity index (χ4v) is 8.09. The first-order valence-electron chi connectivity index (χ1n) is 18.8. The van der Waals surface area contributed by atoms with Crippen molar-refractivity contribution in [2.75, 3.05) is 0 Å². The molecule has 0 aliphatic rings. The molecule has 0 unspecified atom stereocenters. The molecule has 0 spiro atoms. The van der Waals surface area contributed by atoms with E-state index in [0.717, 1.165) is 77.6 Å². The first-order valence-corrected chi connectivity index (χ1v) is 18.8. The molecule has 0 bridgehead atoms. The zero-order valence-corrected chi connectivity index (χ0v) is 30.2. The summed E-state index contributed by atoms with van der Waals surface area (Å²) in [6.07, 6.45) is 0. The second kappa shape index (κ2) is 13.0. The SMILES string of the molecule is c1ccc(-c2ccc(-c3nc(-c4ccccc4)nc(-c4c(-c5ccccc5)ccc5c4oc4ccccc45)n3)c(-n3c4ccccc4c4ccccc43)c2)cc1. The van der Waals surface area contributed by atoms with Gasteiger partial charge in [0.1, 0.15) is 11.2 Å². The number of hydrogen-bond acceptors (Lipinski definition) is 4. The number of para-hydroxylation sites is 3. The van der Waals surface area contributed by atoms with Gasteiger partial charge in [0.15, 0.2) is 17.5 Å². The topological polar surface area (TPSA) is 56.7 Å². The van der Waals surface area contributed by atoms with E-state index in [0.29, 0.717) is 17.5 Å². The highest BCUT2D eigenvalue weighted by molar-refractivity contribution is 6.12. The lowest BCUT2D eigenvalue weighted by Crippen LogP contribution is -2.04. The van der Waals surface area contributed by atoms with Crippen LogP contribution in [0.3, 0.4) is 0 Å². The first-order chi connectivity index (χ1) is 27.8. The summed E-state index contributed by atoms with van der Waals surface area (Å²) < 4.78 is 9.09. The Labute approximate surface area is 322 Å². The molecule has 56 heavy (non-hydrogen) atoms. The molecular formula is C51H32N4O. The molecular weight excluding hydrogens is 685 g/mol. The average molecular weight is 717 g/mol. The molecule has 3 heterocycles. The van der Waals surface area contributed by atoms with Crippen molar-refractivity contribution in [3.05, 3.63) is 194 Å². The van der Waals surface area contributed by atoms with E-state index in [1.165, 1.54) is 10.8 Å². The van der Waals surface area contributed by atoms with E-state index in [9.17, 15) is 0 Å². The first kappa shape index (κ1) is 31.9. The normalized spacial score (nSPS) is 11.6. The lowest BCUT2D eigenvalue weighted by Gasteiger charge is -2.17. The number of hydrogen-bond donors (Lipinski definition) is 0. The van der Waals surface area contributed by atoms with E-state index in [-0.39, 0.29) is 0 Å². The largest absolute Gasteiger partial charge is 0.455 e. The van der Waals surface area contributed by atoms with Gasteiger partial charge in [0, 0.05) is 32.7 Å². The van der Waals surface area contributed by atoms with Gasteiger partial charge in [-0.3, -0.25) is 0 Å². The highest BCUT2D eigenvalue weighted by atomic mass is 16.3. The van der Waals surface area contributed by atoms with E-state index < -0.39 is 0 Å². The summed E-state index contributed by atoms with van der Waals surface area (Å²) in [7, 11) is 0. The quantitative estimate of drug-likeness (QED) is 0.172. The van der Waals surface area contributed by atoms with Crippen molar-refractivity contribution in [1.29, 1.82) is 0 Å². The maximum Gasteiger partial charge on any atom is 0.168 e. The fraction of sp³-hybridized carbons (Fsp3) is 0. The van der Waals surface area contributed by atoms with Crippen molar-refractivity contribution in [2.45, 2.75) is 0 Å². The predicted molar refractivity (Wildman–Crippen MR) is 229 cm³/mol. The van der Waals surface area contributed by atoms with Crippen LogP contribution in [0.15, 0.2) is 199 Å². The predicted octanol–water partition coefficient (Wildman–Crippen LogP) is 13.2. The van der Waals surface area contributed by atoms with Gasteiger partial charge in [-0.2, -0.15) is 0 Å². The summed E-state index contributed by atoms with van der Waals surface area (Å²) in [5, 5.41) is 4.43. The van der Waals surface area contributed by atoms with Gasteiger partial charge in [-0.15, -0.1) is 0 Å². The maximum absolute atomic E-state index is 6.73. The number of rotatable bonds is 6. The van der Waals surface area contributed by atoms with Crippen LogP contribution in [-0.2, 0) is 0 Å². The van der Waals surface area contributed by atoms with Crippen molar-refractivity contribution < 1.29 is 4.42 Å². The zero-order chi connectivity index (χ0) is 37.0. The van der Waals surface area contributed by atoms with Crippen LogP contribution in [0, 0.1) is 0 Å². The maximum atomic E-state index is 6.73. The summed E-state index contributed by atoms with van der Waals surface area (Å²) in [5.74, 6) is 1.69. The number of nitrogens with zero attached hydrogens (tertiary/aromatic N) is 4. The molecule has 5 nitrogen and oxygen atoms in total. The molecule has 0 aliphatic heterocycles. The highest BCUT2D eigenvalue weighted by Crippen LogP contribution is 2.43. The van der Waals surface area contributed by atoms with Crippen molar-refractivity contribution in [3.63, 3.8) is 0 Å². The van der Waals surface area contributed by atoms with Gasteiger partial charge in [-0.25, -0.2) is 15.0 Å². The number of benzene rings is 8. The van der Waals surface area contributed by atoms with Crippen molar-refractivity contribution in [2.24, 2.45) is 0 Å². The third-order valence-corrected chi connectivity index (χ3v) is 10.7. The molecule has 0 saturated carbocycles. The minimum absolute atomic E-state index is 0.540. The van der Waals surface area contributed by atoms with E-state index in [4.69, 9.17) is 19.4 Å². The lowest BCUT2D eigenvalue weighted by molar-refractivity contribution is 0.669. The summed E-state index contributed by atoms with van der Waals surface area (Å²) in [6, 6.07) is 67.3. The Hall–Kier alpha value is -7.63. The van der Waals surface area contributed by atoms with Gasteiger partial charge in [0.25, 0.3) is 0 Å². The van der Waals surface area contributed by atoms with Gasteiger partial charge in [-0.1, -0.05) is 158 Å². The average Bonchev–Trinajstić information content (AvgIpc) is 3.82. The van der Waals surface area contributed by atoms with Crippen LogP contribution in [-0.4, -0.2) is 19.5 Å². The summed E-state index contributed by atoms with van der Waals surface area (Å²) in [6.45, 7) is 0. The Balaban J connectivity index is 1.25. The standard InChI is InChI=1S/C51H32N4O/c1-4-16-33(17-5-1)36-28-29-42(45(32-36)55-43-25-13-10-22-38(43)39-23-11-14-26-44(39)55)50-52-49(35-20-8-3-9-21-35)53-51(54-50)47-37(34-18-6-2-7-19-34)30-31-41-40-24-12-15-27-46(40)56-48(41)47/h1-32H. The van der Waals surface area contributed by atoms with Crippen molar-refractivity contribution in [1.82, 2.24) is 19.5 Å². The Kier molecular flexibility index (Phi) is 7.42. The van der Waals surface area contributed by atoms with Crippen LogP contribution in [0.2, 0.25) is 0 Å². The van der Waals surface area contributed by atoms with Gasteiger partial charge in [-0.05, 0) is 58.7 Å². The van der Waals surface area contributed by atoms with Gasteiger partial charge < -0.3 is 8.98 Å². The Morgan fingerprint density at radius 2 is 0.893 bits per heavy atom. The van der Waals surface area contributed by atoms with E-state index >= 15 is 0 Å². The minimum Gasteiger partial charge on any atom is -0.455 e. The molecule has 0 saturated heterocycles. The summed E-state index contributed by atoms with van der Waals surface area (Å²) in [5.41, 5.74) is 11.6. The van der Waals surface area contributed by atoms with E-state index in [1.54, 1.807) is 0 Å². The van der Waals surface area contributed by atoms with Crippen LogP contribution in [0.1, 0.15) is 0 Å². The molecule has 0 N–H and O–H groups in total. The molecule has 3 aromatic heterocycles. The van der Waals surface area contributed by atoms with Crippen LogP contribution in [0.4, 0.5) is 0 Å². The molecule has 5 heteroatoms. The van der Waals surface area contributed by atoms with Crippen LogP contribution in [0.5, 0.6) is 0 Å². The van der Waals surface area contributed by atoms with Gasteiger partial charge in [0.2, 0.25) is 0 Å². The van der Waals surface area contributed by atoms with Gasteiger partial charge >= 0.3 is 0 Å². The molecule has 262 valence electrons. The minimum atomic E-state index is 0.540. The summed E-state index contributed by atoms with van der Waals surface area (Å²) >= 11 is 0. The van der Waals surface area contributed by atoms with Gasteiger partial charge in [0.05, 0.1) is 22.3 Å².